The zero-order chi connectivity index (χ0) is 10.4. The van der Waals surface area contributed by atoms with Crippen LogP contribution in [0.4, 0.5) is 0 Å². The smallest absolute Gasteiger partial charge is 0.0596 e. The lowest BCUT2D eigenvalue weighted by Crippen LogP contribution is -2.33. The molecule has 1 saturated carbocycles. The van der Waals surface area contributed by atoms with Gasteiger partial charge in [0.05, 0.1) is 12.7 Å². The van der Waals surface area contributed by atoms with Crippen LogP contribution >= 0.6 is 0 Å². The molecule has 14 heavy (non-hydrogen) atoms. The van der Waals surface area contributed by atoms with Crippen molar-refractivity contribution in [2.45, 2.75) is 37.8 Å². The predicted octanol–water partition coefficient (Wildman–Crippen LogP) is 1.10. The van der Waals surface area contributed by atoms with E-state index in [1.807, 2.05) is 0 Å². The van der Waals surface area contributed by atoms with Crippen LogP contribution in [0.5, 0.6) is 0 Å². The van der Waals surface area contributed by atoms with E-state index in [1.54, 1.807) is 0 Å². The maximum atomic E-state index is 5.82. The third-order valence-corrected chi connectivity index (χ3v) is 2.97. The van der Waals surface area contributed by atoms with Crippen molar-refractivity contribution >= 4 is 0 Å². The standard InChI is InChI=1S/C11H24N2O/c1-12-10-4-6-11(7-5-10)14-9-8-13(2)3/h10-12H,4-9H2,1-3H3/t10-,11+. The molecule has 0 spiro atoms. The van der Waals surface area contributed by atoms with Crippen molar-refractivity contribution in [3.05, 3.63) is 0 Å². The third-order valence-electron chi connectivity index (χ3n) is 2.97. The van der Waals surface area contributed by atoms with Crippen molar-refractivity contribution < 1.29 is 4.74 Å². The molecule has 84 valence electrons. The molecule has 1 rings (SSSR count). The van der Waals surface area contributed by atoms with E-state index in [0.29, 0.717) is 6.10 Å². The third kappa shape index (κ3) is 4.40. The van der Waals surface area contributed by atoms with E-state index in [9.17, 15) is 0 Å². The average Bonchev–Trinajstić information content (AvgIpc) is 2.18. The van der Waals surface area contributed by atoms with Gasteiger partial charge >= 0.3 is 0 Å². The highest BCUT2D eigenvalue weighted by Gasteiger charge is 2.19. The van der Waals surface area contributed by atoms with Gasteiger partial charge in [-0.2, -0.15) is 0 Å². The number of ether oxygens (including phenoxy) is 1. The molecule has 0 heterocycles. The van der Waals surface area contributed by atoms with E-state index in [0.717, 1.165) is 19.2 Å². The van der Waals surface area contributed by atoms with Gasteiger partial charge < -0.3 is 15.0 Å². The first-order valence-corrected chi connectivity index (χ1v) is 5.66. The van der Waals surface area contributed by atoms with Crippen molar-refractivity contribution in [3.63, 3.8) is 0 Å². The Labute approximate surface area is 87.8 Å². The summed E-state index contributed by atoms with van der Waals surface area (Å²) in [4.78, 5) is 2.17. The Morgan fingerprint density at radius 2 is 1.86 bits per heavy atom. The summed E-state index contributed by atoms with van der Waals surface area (Å²) in [6, 6.07) is 0.726. The van der Waals surface area contributed by atoms with Crippen LogP contribution < -0.4 is 5.32 Å². The first-order valence-electron chi connectivity index (χ1n) is 5.66. The van der Waals surface area contributed by atoms with E-state index in [4.69, 9.17) is 4.74 Å². The minimum absolute atomic E-state index is 0.513. The van der Waals surface area contributed by atoms with Crippen molar-refractivity contribution in [3.8, 4) is 0 Å². The molecule has 1 fully saturated rings. The Hall–Kier alpha value is -0.120. The highest BCUT2D eigenvalue weighted by molar-refractivity contribution is 4.76. The maximum Gasteiger partial charge on any atom is 0.0596 e. The summed E-state index contributed by atoms with van der Waals surface area (Å²) in [6.07, 6.45) is 5.49. The Bertz CT molecular complexity index is 142. The Morgan fingerprint density at radius 1 is 1.21 bits per heavy atom. The van der Waals surface area contributed by atoms with E-state index in [2.05, 4.69) is 31.4 Å². The quantitative estimate of drug-likeness (QED) is 0.719. The number of hydrogen-bond acceptors (Lipinski definition) is 3. The molecule has 0 aromatic heterocycles. The number of nitrogens with one attached hydrogen (secondary N) is 1. The van der Waals surface area contributed by atoms with Crippen LogP contribution in [-0.4, -0.2) is 51.3 Å². The first kappa shape index (κ1) is 12.0. The molecule has 0 aromatic carbocycles. The second kappa shape index (κ2) is 6.38. The normalized spacial score (nSPS) is 28.3. The molecule has 0 saturated heterocycles. The summed E-state index contributed by atoms with van der Waals surface area (Å²) >= 11 is 0. The molecular weight excluding hydrogens is 176 g/mol. The van der Waals surface area contributed by atoms with E-state index < -0.39 is 0 Å². The molecule has 3 nitrogen and oxygen atoms in total. The molecule has 1 N–H and O–H groups in total. The zero-order valence-corrected chi connectivity index (χ0v) is 9.75. The van der Waals surface area contributed by atoms with Crippen molar-refractivity contribution in [1.82, 2.24) is 10.2 Å². The molecule has 0 unspecified atom stereocenters. The minimum Gasteiger partial charge on any atom is -0.377 e. The molecule has 3 heteroatoms. The van der Waals surface area contributed by atoms with Crippen LogP contribution in [0.1, 0.15) is 25.7 Å². The molecule has 0 aromatic rings. The van der Waals surface area contributed by atoms with Gasteiger partial charge in [-0.3, -0.25) is 0 Å². The van der Waals surface area contributed by atoms with Gasteiger partial charge in [0, 0.05) is 12.6 Å². The number of nitrogens with zero attached hydrogens (tertiary/aromatic N) is 1. The zero-order valence-electron chi connectivity index (χ0n) is 9.75. The van der Waals surface area contributed by atoms with Gasteiger partial charge in [0.1, 0.15) is 0 Å². The summed E-state index contributed by atoms with van der Waals surface area (Å²) < 4.78 is 5.82. The van der Waals surface area contributed by atoms with Crippen LogP contribution in [0, 0.1) is 0 Å². The minimum atomic E-state index is 0.513. The number of hydrogen-bond donors (Lipinski definition) is 1. The van der Waals surface area contributed by atoms with Gasteiger partial charge in [-0.05, 0) is 46.8 Å². The highest BCUT2D eigenvalue weighted by Crippen LogP contribution is 2.20. The van der Waals surface area contributed by atoms with Gasteiger partial charge in [0.15, 0.2) is 0 Å². The first-order chi connectivity index (χ1) is 6.72. The van der Waals surface area contributed by atoms with Gasteiger partial charge in [0.25, 0.3) is 0 Å². The Balaban J connectivity index is 2.04. The summed E-state index contributed by atoms with van der Waals surface area (Å²) in [5, 5.41) is 3.33. The molecule has 0 atom stereocenters. The van der Waals surface area contributed by atoms with Crippen molar-refractivity contribution in [1.29, 1.82) is 0 Å². The predicted molar refractivity (Wildman–Crippen MR) is 59.6 cm³/mol. The maximum absolute atomic E-state index is 5.82. The van der Waals surface area contributed by atoms with E-state index in [1.165, 1.54) is 25.7 Å². The highest BCUT2D eigenvalue weighted by atomic mass is 16.5. The van der Waals surface area contributed by atoms with Gasteiger partial charge in [-0.1, -0.05) is 0 Å². The van der Waals surface area contributed by atoms with Crippen LogP contribution in [0.3, 0.4) is 0 Å². The SMILES string of the molecule is CN[C@H]1CC[C@@H](OCCN(C)C)CC1. The fourth-order valence-electron chi connectivity index (χ4n) is 1.92. The summed E-state index contributed by atoms with van der Waals surface area (Å²) in [7, 11) is 6.22. The van der Waals surface area contributed by atoms with Gasteiger partial charge in [-0.25, -0.2) is 0 Å². The summed E-state index contributed by atoms with van der Waals surface area (Å²) in [5.74, 6) is 0. The van der Waals surface area contributed by atoms with Crippen LogP contribution in [-0.2, 0) is 4.74 Å². The fraction of sp³-hybridized carbons (Fsp3) is 1.00. The lowest BCUT2D eigenvalue weighted by Gasteiger charge is -2.28. The molecule has 1 aliphatic carbocycles. The van der Waals surface area contributed by atoms with Crippen molar-refractivity contribution in [2.75, 3.05) is 34.3 Å². The topological polar surface area (TPSA) is 24.5 Å². The van der Waals surface area contributed by atoms with Gasteiger partial charge in [0.2, 0.25) is 0 Å². The van der Waals surface area contributed by atoms with Crippen LogP contribution in [0.25, 0.3) is 0 Å². The Kier molecular flexibility index (Phi) is 5.45. The second-order valence-electron chi connectivity index (χ2n) is 4.44. The molecule has 1 aliphatic rings. The van der Waals surface area contributed by atoms with E-state index >= 15 is 0 Å². The molecule has 0 aliphatic heterocycles. The molecule has 0 amide bonds. The largest absolute Gasteiger partial charge is 0.377 e. The van der Waals surface area contributed by atoms with Crippen LogP contribution in [0.2, 0.25) is 0 Å². The molecule has 0 radical (unpaired) electrons. The lowest BCUT2D eigenvalue weighted by atomic mass is 9.93. The second-order valence-corrected chi connectivity index (χ2v) is 4.44. The van der Waals surface area contributed by atoms with E-state index in [-0.39, 0.29) is 0 Å². The number of rotatable bonds is 5. The van der Waals surface area contributed by atoms with Gasteiger partial charge in [-0.15, -0.1) is 0 Å². The molecule has 0 bridgehead atoms. The monoisotopic (exact) mass is 200 g/mol. The fourth-order valence-corrected chi connectivity index (χ4v) is 1.92. The summed E-state index contributed by atoms with van der Waals surface area (Å²) in [6.45, 7) is 1.91. The van der Waals surface area contributed by atoms with Crippen molar-refractivity contribution in [2.24, 2.45) is 0 Å². The number of likely N-dealkylation sites (N-methyl/N-ethyl adjacent to an activating group) is 1. The Morgan fingerprint density at radius 3 is 2.36 bits per heavy atom. The molecular formula is C11H24N2O. The average molecular weight is 200 g/mol. The summed E-state index contributed by atoms with van der Waals surface area (Å²) in [5.41, 5.74) is 0. The lowest BCUT2D eigenvalue weighted by molar-refractivity contribution is 0.0165. The van der Waals surface area contributed by atoms with Crippen LogP contribution in [0.15, 0.2) is 0 Å².